The molecule has 35 heavy (non-hydrogen) atoms. The highest BCUT2D eigenvalue weighted by Gasteiger charge is 2.33. The van der Waals surface area contributed by atoms with Crippen LogP contribution < -0.4 is 4.74 Å². The number of rotatable bonds is 7. The van der Waals surface area contributed by atoms with Gasteiger partial charge in [-0.1, -0.05) is 65.1 Å². The van der Waals surface area contributed by atoms with E-state index in [1.807, 2.05) is 24.3 Å². The first-order valence-electron chi connectivity index (χ1n) is 11.1. The summed E-state index contributed by atoms with van der Waals surface area (Å²) in [6.07, 6.45) is 2.13. The van der Waals surface area contributed by atoms with Crippen molar-refractivity contribution >= 4 is 46.7 Å². The lowest BCUT2D eigenvalue weighted by Gasteiger charge is -2.36. The molecule has 0 saturated carbocycles. The van der Waals surface area contributed by atoms with Gasteiger partial charge in [0, 0.05) is 23.6 Å². The van der Waals surface area contributed by atoms with E-state index >= 15 is 0 Å². The van der Waals surface area contributed by atoms with Gasteiger partial charge in [-0.15, -0.1) is 0 Å². The highest BCUT2D eigenvalue weighted by molar-refractivity contribution is 6.42. The Labute approximate surface area is 219 Å². The molecule has 1 aliphatic heterocycles. The van der Waals surface area contributed by atoms with Crippen molar-refractivity contribution in [3.05, 3.63) is 98.0 Å². The van der Waals surface area contributed by atoms with Crippen LogP contribution in [-0.4, -0.2) is 34.0 Å². The minimum absolute atomic E-state index is 0.0218. The number of benzene rings is 3. The summed E-state index contributed by atoms with van der Waals surface area (Å²) >= 11 is 18.7. The van der Waals surface area contributed by atoms with Gasteiger partial charge in [-0.2, -0.15) is 0 Å². The third-order valence-electron chi connectivity index (χ3n) is 6.12. The van der Waals surface area contributed by atoms with E-state index in [0.717, 1.165) is 24.0 Å². The molecule has 0 spiro atoms. The van der Waals surface area contributed by atoms with Gasteiger partial charge in [-0.3, -0.25) is 9.59 Å². The Morgan fingerprint density at radius 1 is 1.00 bits per heavy atom. The highest BCUT2D eigenvalue weighted by atomic mass is 35.5. The number of aryl methyl sites for hydroxylation is 1. The van der Waals surface area contributed by atoms with Crippen LogP contribution in [0.25, 0.3) is 0 Å². The van der Waals surface area contributed by atoms with Crippen molar-refractivity contribution in [1.29, 1.82) is 0 Å². The van der Waals surface area contributed by atoms with Gasteiger partial charge >= 0.3 is 5.97 Å². The molecule has 182 valence electrons. The fourth-order valence-electron chi connectivity index (χ4n) is 4.31. The normalized spacial score (nSPS) is 16.8. The number of fused-ring (bicyclic) bond motifs is 1. The zero-order chi connectivity index (χ0) is 25.2. The van der Waals surface area contributed by atoms with E-state index in [2.05, 4.69) is 6.92 Å². The summed E-state index contributed by atoms with van der Waals surface area (Å²) in [5, 5.41) is 10.7. The molecule has 0 radical (unpaired) electrons. The number of hydrogen-bond acceptors (Lipinski definition) is 3. The second kappa shape index (κ2) is 10.5. The van der Waals surface area contributed by atoms with Crippen molar-refractivity contribution in [3.8, 4) is 5.75 Å². The molecule has 3 aromatic rings. The molecular weight excluding hydrogens is 509 g/mol. The van der Waals surface area contributed by atoms with Gasteiger partial charge in [0.25, 0.3) is 5.91 Å². The molecule has 1 amide bonds. The molecule has 1 aliphatic rings. The van der Waals surface area contributed by atoms with E-state index in [1.165, 1.54) is 4.90 Å². The summed E-state index contributed by atoms with van der Waals surface area (Å²) in [5.41, 5.74) is 2.47. The van der Waals surface area contributed by atoms with Gasteiger partial charge in [0.05, 0.1) is 10.0 Å². The van der Waals surface area contributed by atoms with E-state index in [0.29, 0.717) is 38.4 Å². The van der Waals surface area contributed by atoms with E-state index in [1.54, 1.807) is 36.4 Å². The van der Waals surface area contributed by atoms with Crippen molar-refractivity contribution in [2.45, 2.75) is 38.3 Å². The molecule has 1 heterocycles. The number of halogens is 3. The molecule has 0 aliphatic carbocycles. The summed E-state index contributed by atoms with van der Waals surface area (Å²) in [4.78, 5) is 26.0. The van der Waals surface area contributed by atoms with Crippen molar-refractivity contribution < 1.29 is 19.4 Å². The predicted molar refractivity (Wildman–Crippen MR) is 138 cm³/mol. The molecule has 3 aromatic carbocycles. The number of carbonyl (C=O) groups is 2. The zero-order valence-corrected chi connectivity index (χ0v) is 21.3. The van der Waals surface area contributed by atoms with Gasteiger partial charge < -0.3 is 14.7 Å². The zero-order valence-electron chi connectivity index (χ0n) is 19.1. The first-order valence-corrected chi connectivity index (χ1v) is 12.3. The number of ether oxygens (including phenoxy) is 1. The average molecular weight is 533 g/mol. The number of carboxylic acids is 1. The molecule has 1 N–H and O–H groups in total. The Morgan fingerprint density at radius 3 is 2.46 bits per heavy atom. The predicted octanol–water partition coefficient (Wildman–Crippen LogP) is 6.70. The van der Waals surface area contributed by atoms with Gasteiger partial charge in [-0.05, 0) is 66.8 Å². The van der Waals surface area contributed by atoms with Crippen LogP contribution in [0.5, 0.6) is 5.75 Å². The van der Waals surface area contributed by atoms with Gasteiger partial charge in [0.2, 0.25) is 0 Å². The smallest absolute Gasteiger partial charge is 0.323 e. The number of aliphatic carboxylic acids is 1. The molecule has 5 nitrogen and oxygen atoms in total. The Kier molecular flexibility index (Phi) is 7.60. The van der Waals surface area contributed by atoms with E-state index in [-0.39, 0.29) is 6.54 Å². The van der Waals surface area contributed by atoms with Gasteiger partial charge in [-0.25, -0.2) is 0 Å². The topological polar surface area (TPSA) is 66.8 Å². The van der Waals surface area contributed by atoms with Crippen molar-refractivity contribution in [2.24, 2.45) is 0 Å². The van der Waals surface area contributed by atoms with Crippen molar-refractivity contribution in [3.63, 3.8) is 0 Å². The maximum absolute atomic E-state index is 13.3. The van der Waals surface area contributed by atoms with Crippen LogP contribution >= 0.6 is 34.8 Å². The Bertz CT molecular complexity index is 1280. The monoisotopic (exact) mass is 531 g/mol. The fraction of sp³-hybridized carbons (Fsp3) is 0.259. The molecule has 0 fully saturated rings. The summed E-state index contributed by atoms with van der Waals surface area (Å²) < 4.78 is 6.35. The molecule has 1 atom stereocenters. The largest absolute Gasteiger partial charge is 0.487 e. The quantitative estimate of drug-likeness (QED) is 0.368. The summed E-state index contributed by atoms with van der Waals surface area (Å²) in [5.74, 6) is -0.811. The van der Waals surface area contributed by atoms with Crippen molar-refractivity contribution in [2.75, 3.05) is 6.54 Å². The SMILES string of the molecule is C[C@]1(Cc2ccccc2Cl)CCc2cc(C(=O)N(CC(=O)O)Cc3cccc(Cl)c3Cl)ccc2O1. The third kappa shape index (κ3) is 5.92. The Morgan fingerprint density at radius 2 is 1.71 bits per heavy atom. The van der Waals surface area contributed by atoms with Crippen LogP contribution in [0.1, 0.15) is 40.4 Å². The molecular formula is C27H24Cl3NO4. The lowest BCUT2D eigenvalue weighted by atomic mass is 9.86. The third-order valence-corrected chi connectivity index (χ3v) is 7.34. The number of nitrogens with zero attached hydrogens (tertiary/aromatic N) is 1. The van der Waals surface area contributed by atoms with E-state index < -0.39 is 24.0 Å². The van der Waals surface area contributed by atoms with Crippen LogP contribution in [0.2, 0.25) is 15.1 Å². The van der Waals surface area contributed by atoms with Crippen LogP contribution in [0.4, 0.5) is 0 Å². The summed E-state index contributed by atoms with van der Waals surface area (Å²) in [6, 6.07) is 18.0. The maximum atomic E-state index is 13.3. The first-order chi connectivity index (χ1) is 16.6. The van der Waals surface area contributed by atoms with Crippen LogP contribution in [-0.2, 0) is 24.2 Å². The molecule has 0 bridgehead atoms. The lowest BCUT2D eigenvalue weighted by Crippen LogP contribution is -2.39. The standard InChI is InChI=1S/C27H24Cl3NO4/c1-27(14-19-5-2-3-7-21(19)28)12-11-17-13-18(9-10-23(17)35-27)26(34)31(16-24(32)33)15-20-6-4-8-22(29)25(20)30/h2-10,13H,11-12,14-16H2,1H3,(H,32,33)/t27-/m1/s1. The highest BCUT2D eigenvalue weighted by Crippen LogP contribution is 2.37. The van der Waals surface area contributed by atoms with Crippen LogP contribution in [0, 0.1) is 0 Å². The Balaban J connectivity index is 1.54. The second-order valence-electron chi connectivity index (χ2n) is 8.91. The second-order valence-corrected chi connectivity index (χ2v) is 10.1. The lowest BCUT2D eigenvalue weighted by molar-refractivity contribution is -0.137. The van der Waals surface area contributed by atoms with Crippen molar-refractivity contribution in [1.82, 2.24) is 4.90 Å². The number of carboxylic acid groups (broad SMARTS) is 1. The maximum Gasteiger partial charge on any atom is 0.323 e. The molecule has 0 unspecified atom stereocenters. The van der Waals surface area contributed by atoms with E-state index in [9.17, 15) is 14.7 Å². The Hall–Kier alpha value is -2.73. The number of hydrogen-bond donors (Lipinski definition) is 1. The van der Waals surface area contributed by atoms with Crippen LogP contribution in [0.15, 0.2) is 60.7 Å². The van der Waals surface area contributed by atoms with E-state index in [4.69, 9.17) is 39.5 Å². The van der Waals surface area contributed by atoms with Crippen LogP contribution in [0.3, 0.4) is 0 Å². The summed E-state index contributed by atoms with van der Waals surface area (Å²) in [6.45, 7) is 1.61. The summed E-state index contributed by atoms with van der Waals surface area (Å²) in [7, 11) is 0. The first kappa shape index (κ1) is 25.4. The minimum atomic E-state index is -1.12. The average Bonchev–Trinajstić information content (AvgIpc) is 2.82. The molecule has 0 aromatic heterocycles. The molecule has 0 saturated heterocycles. The number of carbonyl (C=O) groups excluding carboxylic acids is 1. The minimum Gasteiger partial charge on any atom is -0.487 e. The molecule has 4 rings (SSSR count). The van der Waals surface area contributed by atoms with Gasteiger partial charge in [0.1, 0.15) is 17.9 Å². The number of amides is 1. The fourth-order valence-corrected chi connectivity index (χ4v) is 4.90. The molecule has 8 heteroatoms. The van der Waals surface area contributed by atoms with Gasteiger partial charge in [0.15, 0.2) is 0 Å².